The normalized spacial score (nSPS) is 10.8. The second kappa shape index (κ2) is 4.69. The van der Waals surface area contributed by atoms with Gasteiger partial charge in [0.15, 0.2) is 0 Å². The number of para-hydroxylation sites is 1. The number of fused-ring (bicyclic) bond motifs is 1. The van der Waals surface area contributed by atoms with Crippen molar-refractivity contribution in [3.8, 4) is 0 Å². The molecule has 1 heterocycles. The zero-order chi connectivity index (χ0) is 11.4. The summed E-state index contributed by atoms with van der Waals surface area (Å²) in [5.74, 6) is 0. The minimum atomic E-state index is -0.281. The molecule has 0 saturated carbocycles. The number of H-pyrrole nitrogens is 1. The molecule has 16 heavy (non-hydrogen) atoms. The van der Waals surface area contributed by atoms with Crippen molar-refractivity contribution < 1.29 is 4.92 Å². The van der Waals surface area contributed by atoms with Crippen LogP contribution in [0.3, 0.4) is 0 Å². The van der Waals surface area contributed by atoms with Crippen molar-refractivity contribution in [1.29, 1.82) is 0 Å². The topological polar surface area (TPSA) is 84.7 Å². The zero-order valence-electron chi connectivity index (χ0n) is 8.72. The van der Waals surface area contributed by atoms with E-state index in [1.54, 1.807) is 0 Å². The molecule has 0 atom stereocenters. The van der Waals surface area contributed by atoms with Crippen molar-refractivity contribution in [3.05, 3.63) is 33.9 Å². The number of nitrogens with one attached hydrogen (secondary N) is 1. The molecule has 2 rings (SSSR count). The Labute approximate surface area is 91.8 Å². The monoisotopic (exact) mass is 220 g/mol. The molecule has 0 aliphatic rings. The van der Waals surface area contributed by atoms with E-state index in [4.69, 9.17) is 0 Å². The first kappa shape index (κ1) is 10.5. The van der Waals surface area contributed by atoms with E-state index in [1.165, 1.54) is 0 Å². The van der Waals surface area contributed by atoms with Gasteiger partial charge in [-0.25, -0.2) is 0 Å². The van der Waals surface area contributed by atoms with Crippen molar-refractivity contribution in [2.45, 2.75) is 19.3 Å². The third-order valence-corrected chi connectivity index (χ3v) is 2.47. The number of aromatic amines is 1. The molecule has 0 saturated heterocycles. The molecule has 0 amide bonds. The van der Waals surface area contributed by atoms with Crippen molar-refractivity contribution in [1.82, 2.24) is 15.4 Å². The number of hydrogen-bond donors (Lipinski definition) is 1. The summed E-state index contributed by atoms with van der Waals surface area (Å²) >= 11 is 0. The number of unbranched alkanes of at least 4 members (excludes halogenated alkanes) is 1. The van der Waals surface area contributed by atoms with Crippen LogP contribution >= 0.6 is 0 Å². The number of aryl methyl sites for hydroxylation is 1. The summed E-state index contributed by atoms with van der Waals surface area (Å²) in [6.45, 7) is 0.0365. The van der Waals surface area contributed by atoms with Gasteiger partial charge in [0.25, 0.3) is 0 Å². The maximum atomic E-state index is 10.2. The molecular weight excluding hydrogens is 208 g/mol. The fourth-order valence-corrected chi connectivity index (χ4v) is 1.68. The average molecular weight is 220 g/mol. The van der Waals surface area contributed by atoms with E-state index < -0.39 is 0 Å². The summed E-state index contributed by atoms with van der Waals surface area (Å²) in [5, 5.41) is 20.8. The van der Waals surface area contributed by atoms with Gasteiger partial charge >= 0.3 is 0 Å². The van der Waals surface area contributed by atoms with Crippen LogP contribution in [0.4, 0.5) is 0 Å². The lowest BCUT2D eigenvalue weighted by Gasteiger charge is -1.99. The molecule has 2 aromatic rings. The van der Waals surface area contributed by atoms with Gasteiger partial charge in [-0.2, -0.15) is 15.4 Å². The van der Waals surface area contributed by atoms with E-state index in [0.717, 1.165) is 29.4 Å². The van der Waals surface area contributed by atoms with Gasteiger partial charge in [0.1, 0.15) is 11.0 Å². The number of nitrogens with zero attached hydrogens (tertiary/aromatic N) is 3. The zero-order valence-corrected chi connectivity index (χ0v) is 8.72. The van der Waals surface area contributed by atoms with E-state index in [0.29, 0.717) is 6.42 Å². The summed E-state index contributed by atoms with van der Waals surface area (Å²) in [5.41, 5.74) is 2.80. The minimum absolute atomic E-state index is 0.0365. The molecule has 0 radical (unpaired) electrons. The summed E-state index contributed by atoms with van der Waals surface area (Å²) < 4.78 is 0. The maximum absolute atomic E-state index is 10.2. The SMILES string of the molecule is O=[N+]([O-])CCCCc1cccc2n[nH]nc12. The highest BCUT2D eigenvalue weighted by atomic mass is 16.6. The third-order valence-electron chi connectivity index (χ3n) is 2.47. The van der Waals surface area contributed by atoms with Crippen molar-refractivity contribution in [2.24, 2.45) is 0 Å². The van der Waals surface area contributed by atoms with Gasteiger partial charge in [-0.15, -0.1) is 0 Å². The predicted molar refractivity (Wildman–Crippen MR) is 58.7 cm³/mol. The van der Waals surface area contributed by atoms with Crippen LogP contribution in [0.25, 0.3) is 11.0 Å². The number of benzene rings is 1. The Kier molecular flexibility index (Phi) is 3.09. The number of hydrogen-bond acceptors (Lipinski definition) is 4. The van der Waals surface area contributed by atoms with Gasteiger partial charge in [0.05, 0.1) is 0 Å². The molecule has 0 aliphatic heterocycles. The number of nitro groups is 1. The lowest BCUT2D eigenvalue weighted by molar-refractivity contribution is -0.480. The molecule has 84 valence electrons. The molecule has 1 aromatic heterocycles. The van der Waals surface area contributed by atoms with E-state index in [-0.39, 0.29) is 11.5 Å². The van der Waals surface area contributed by atoms with E-state index in [2.05, 4.69) is 15.4 Å². The minimum Gasteiger partial charge on any atom is -0.265 e. The second-order valence-electron chi connectivity index (χ2n) is 3.62. The highest BCUT2D eigenvalue weighted by molar-refractivity contribution is 5.77. The first-order valence-corrected chi connectivity index (χ1v) is 5.17. The molecular formula is C10H12N4O2. The third kappa shape index (κ3) is 2.33. The Morgan fingerprint density at radius 1 is 1.31 bits per heavy atom. The van der Waals surface area contributed by atoms with Crippen molar-refractivity contribution >= 4 is 11.0 Å². The fourth-order valence-electron chi connectivity index (χ4n) is 1.68. The highest BCUT2D eigenvalue weighted by Gasteiger charge is 2.05. The van der Waals surface area contributed by atoms with Crippen LogP contribution < -0.4 is 0 Å². The fraction of sp³-hybridized carbons (Fsp3) is 0.400. The average Bonchev–Trinajstić information content (AvgIpc) is 2.72. The molecule has 0 fully saturated rings. The van der Waals surface area contributed by atoms with Crippen LogP contribution in [0, 0.1) is 10.1 Å². The molecule has 6 heteroatoms. The van der Waals surface area contributed by atoms with Gasteiger partial charge in [-0.05, 0) is 24.5 Å². The quantitative estimate of drug-likeness (QED) is 0.470. The Balaban J connectivity index is 1.98. The molecule has 0 spiro atoms. The van der Waals surface area contributed by atoms with Crippen LogP contribution in [0.5, 0.6) is 0 Å². The van der Waals surface area contributed by atoms with E-state index in [1.807, 2.05) is 18.2 Å². The summed E-state index contributed by atoms with van der Waals surface area (Å²) in [6.07, 6.45) is 2.20. The maximum Gasteiger partial charge on any atom is 0.203 e. The van der Waals surface area contributed by atoms with Gasteiger partial charge in [0.2, 0.25) is 6.54 Å². The Morgan fingerprint density at radius 3 is 3.00 bits per heavy atom. The standard InChI is InChI=1S/C10H12N4O2/c15-14(16)7-2-1-4-8-5-3-6-9-10(8)12-13-11-9/h3,5-6H,1-2,4,7H2,(H,11,12,13). The Hall–Kier alpha value is -1.98. The Bertz CT molecular complexity index is 494. The summed E-state index contributed by atoms with van der Waals surface area (Å²) in [6, 6.07) is 5.80. The van der Waals surface area contributed by atoms with Crippen LogP contribution in [0.1, 0.15) is 18.4 Å². The van der Waals surface area contributed by atoms with Crippen LogP contribution in [0.2, 0.25) is 0 Å². The van der Waals surface area contributed by atoms with Gasteiger partial charge in [-0.1, -0.05) is 12.1 Å². The largest absolute Gasteiger partial charge is 0.265 e. The first-order chi connectivity index (χ1) is 7.77. The van der Waals surface area contributed by atoms with E-state index in [9.17, 15) is 10.1 Å². The van der Waals surface area contributed by atoms with Crippen LogP contribution in [-0.2, 0) is 6.42 Å². The molecule has 1 aromatic carbocycles. The molecule has 6 nitrogen and oxygen atoms in total. The molecule has 0 bridgehead atoms. The summed E-state index contributed by atoms with van der Waals surface area (Å²) in [7, 11) is 0. The molecule has 0 unspecified atom stereocenters. The lowest BCUT2D eigenvalue weighted by Crippen LogP contribution is -2.00. The van der Waals surface area contributed by atoms with Crippen LogP contribution in [-0.4, -0.2) is 26.9 Å². The summed E-state index contributed by atoms with van der Waals surface area (Å²) in [4.78, 5) is 9.88. The molecule has 1 N–H and O–H groups in total. The van der Waals surface area contributed by atoms with Gasteiger partial charge in [0, 0.05) is 11.3 Å². The number of rotatable bonds is 5. The predicted octanol–water partition coefficient (Wildman–Crippen LogP) is 1.56. The van der Waals surface area contributed by atoms with Crippen molar-refractivity contribution in [2.75, 3.05) is 6.54 Å². The van der Waals surface area contributed by atoms with Crippen LogP contribution in [0.15, 0.2) is 18.2 Å². The van der Waals surface area contributed by atoms with Crippen molar-refractivity contribution in [3.63, 3.8) is 0 Å². The van der Waals surface area contributed by atoms with E-state index >= 15 is 0 Å². The number of aromatic nitrogens is 3. The lowest BCUT2D eigenvalue weighted by atomic mass is 10.1. The molecule has 0 aliphatic carbocycles. The smallest absolute Gasteiger partial charge is 0.203 e. The first-order valence-electron chi connectivity index (χ1n) is 5.17. The van der Waals surface area contributed by atoms with Gasteiger partial charge < -0.3 is 0 Å². The van der Waals surface area contributed by atoms with Gasteiger partial charge in [-0.3, -0.25) is 10.1 Å². The second-order valence-corrected chi connectivity index (χ2v) is 3.62. The Morgan fingerprint density at radius 2 is 2.19 bits per heavy atom. The highest BCUT2D eigenvalue weighted by Crippen LogP contribution is 2.15.